The Morgan fingerprint density at radius 2 is 2.07 bits per heavy atom. The van der Waals surface area contributed by atoms with Crippen LogP contribution in [0.1, 0.15) is 5.56 Å². The number of hydrogen-bond acceptors (Lipinski definition) is 3. The fourth-order valence-corrected chi connectivity index (χ4v) is 1.42. The maximum Gasteiger partial charge on any atom is 0.238 e. The fourth-order valence-electron chi connectivity index (χ4n) is 1.42. The molecule has 2 rings (SSSR count). The maximum atomic E-state index is 11.1. The van der Waals surface area contributed by atoms with Crippen molar-refractivity contribution in [2.24, 2.45) is 0 Å². The second-order valence-corrected chi connectivity index (χ2v) is 3.34. The van der Waals surface area contributed by atoms with Crippen LogP contribution in [0.4, 0.5) is 0 Å². The lowest BCUT2D eigenvalue weighted by Gasteiger charge is -2.22. The molecule has 1 fully saturated rings. The minimum Gasteiger partial charge on any atom is -0.373 e. The van der Waals surface area contributed by atoms with Gasteiger partial charge in [0, 0.05) is 0 Å². The number of aliphatic hydroxyl groups is 1. The lowest BCUT2D eigenvalue weighted by Crippen LogP contribution is -2.49. The van der Waals surface area contributed by atoms with E-state index in [1.54, 1.807) is 6.08 Å². The third-order valence-corrected chi connectivity index (χ3v) is 2.16. The Kier molecular flexibility index (Phi) is 2.80. The van der Waals surface area contributed by atoms with Crippen molar-refractivity contribution < 1.29 is 9.90 Å². The van der Waals surface area contributed by atoms with Gasteiger partial charge < -0.3 is 10.4 Å². The number of aliphatic hydroxyl groups excluding tert-OH is 1. The third-order valence-electron chi connectivity index (χ3n) is 2.16. The molecule has 3 N–H and O–H groups in total. The van der Waals surface area contributed by atoms with E-state index in [1.165, 1.54) is 0 Å². The number of piperazine rings is 1. The smallest absolute Gasteiger partial charge is 0.238 e. The summed E-state index contributed by atoms with van der Waals surface area (Å²) >= 11 is 0. The lowest BCUT2D eigenvalue weighted by atomic mass is 10.1. The summed E-state index contributed by atoms with van der Waals surface area (Å²) in [7, 11) is 0. The molecule has 1 amide bonds. The Balaban J connectivity index is 2.21. The topological polar surface area (TPSA) is 61.4 Å². The van der Waals surface area contributed by atoms with Crippen molar-refractivity contribution in [2.45, 2.75) is 6.23 Å². The van der Waals surface area contributed by atoms with Gasteiger partial charge in [-0.15, -0.1) is 0 Å². The van der Waals surface area contributed by atoms with Gasteiger partial charge in [0.25, 0.3) is 0 Å². The summed E-state index contributed by atoms with van der Waals surface area (Å²) in [5, 5.41) is 14.9. The summed E-state index contributed by atoms with van der Waals surface area (Å²) in [5.74, 6) is -0.137. The van der Waals surface area contributed by atoms with E-state index in [4.69, 9.17) is 0 Å². The van der Waals surface area contributed by atoms with Crippen LogP contribution in [0, 0.1) is 0 Å². The molecule has 1 heterocycles. The van der Waals surface area contributed by atoms with Crippen molar-refractivity contribution in [3.63, 3.8) is 0 Å². The summed E-state index contributed by atoms with van der Waals surface area (Å²) < 4.78 is 0. The van der Waals surface area contributed by atoms with Crippen molar-refractivity contribution >= 4 is 12.0 Å². The standard InChI is InChI=1S/C11H12N2O2/c14-10-7-12-11(15)9(13-10)6-8-4-2-1-3-5-8/h1-6,11-12,15H,7H2,(H,13,14)/b9-6-. The molecule has 4 nitrogen and oxygen atoms in total. The normalized spacial score (nSPS) is 23.9. The van der Waals surface area contributed by atoms with Crippen LogP contribution in [0.3, 0.4) is 0 Å². The summed E-state index contributed by atoms with van der Waals surface area (Å²) in [5.41, 5.74) is 1.42. The second-order valence-electron chi connectivity index (χ2n) is 3.34. The van der Waals surface area contributed by atoms with Crippen molar-refractivity contribution in [3.05, 3.63) is 41.6 Å². The summed E-state index contributed by atoms with van der Waals surface area (Å²) in [4.78, 5) is 11.1. The monoisotopic (exact) mass is 204 g/mol. The molecule has 1 aromatic rings. The van der Waals surface area contributed by atoms with Gasteiger partial charge in [-0.05, 0) is 11.6 Å². The first-order valence-electron chi connectivity index (χ1n) is 4.73. The van der Waals surface area contributed by atoms with Gasteiger partial charge >= 0.3 is 0 Å². The van der Waals surface area contributed by atoms with Gasteiger partial charge in [0.2, 0.25) is 5.91 Å². The largest absolute Gasteiger partial charge is 0.373 e. The van der Waals surface area contributed by atoms with Gasteiger partial charge in [0.15, 0.2) is 0 Å². The Labute approximate surface area is 87.6 Å². The van der Waals surface area contributed by atoms with Crippen LogP contribution in [0.25, 0.3) is 6.08 Å². The Morgan fingerprint density at radius 1 is 1.33 bits per heavy atom. The number of amides is 1. The molecular formula is C11H12N2O2. The molecule has 1 aromatic carbocycles. The quantitative estimate of drug-likeness (QED) is 0.606. The van der Waals surface area contributed by atoms with Crippen LogP contribution < -0.4 is 10.6 Å². The second kappa shape index (κ2) is 4.25. The molecule has 15 heavy (non-hydrogen) atoms. The number of carbonyl (C=O) groups is 1. The first-order valence-corrected chi connectivity index (χ1v) is 4.73. The van der Waals surface area contributed by atoms with Crippen LogP contribution in [0.2, 0.25) is 0 Å². The highest BCUT2D eigenvalue weighted by atomic mass is 16.3. The van der Waals surface area contributed by atoms with Crippen molar-refractivity contribution in [2.75, 3.05) is 6.54 Å². The molecule has 0 saturated carbocycles. The zero-order valence-corrected chi connectivity index (χ0v) is 8.10. The average Bonchev–Trinajstić information content (AvgIpc) is 2.25. The van der Waals surface area contributed by atoms with E-state index in [2.05, 4.69) is 10.6 Å². The molecule has 1 atom stereocenters. The fraction of sp³-hybridized carbons (Fsp3) is 0.182. The number of carbonyl (C=O) groups excluding carboxylic acids is 1. The predicted octanol–water partition coefficient (Wildman–Crippen LogP) is 0.0653. The summed E-state index contributed by atoms with van der Waals surface area (Å²) in [6.07, 6.45) is 0.942. The Hall–Kier alpha value is -1.65. The highest BCUT2D eigenvalue weighted by Crippen LogP contribution is 2.08. The molecule has 0 aromatic heterocycles. The Bertz CT molecular complexity index is 387. The van der Waals surface area contributed by atoms with Crippen LogP contribution in [-0.2, 0) is 4.79 Å². The van der Waals surface area contributed by atoms with Gasteiger partial charge in [0.05, 0.1) is 12.2 Å². The minimum absolute atomic E-state index is 0.137. The molecule has 0 radical (unpaired) electrons. The maximum absolute atomic E-state index is 11.1. The van der Waals surface area contributed by atoms with Gasteiger partial charge in [-0.25, -0.2) is 0 Å². The van der Waals surface area contributed by atoms with E-state index in [0.29, 0.717) is 5.70 Å². The SMILES string of the molecule is O=C1CNC(O)/C(=C/c2ccccc2)N1. The van der Waals surface area contributed by atoms with Crippen molar-refractivity contribution in [3.8, 4) is 0 Å². The number of benzene rings is 1. The van der Waals surface area contributed by atoms with Gasteiger partial charge in [-0.2, -0.15) is 0 Å². The Morgan fingerprint density at radius 3 is 2.80 bits per heavy atom. The molecule has 1 aliphatic rings. The third kappa shape index (κ3) is 2.43. The van der Waals surface area contributed by atoms with Crippen LogP contribution in [0.15, 0.2) is 36.0 Å². The van der Waals surface area contributed by atoms with E-state index in [9.17, 15) is 9.90 Å². The molecule has 1 unspecified atom stereocenters. The molecule has 1 saturated heterocycles. The highest BCUT2D eigenvalue weighted by Gasteiger charge is 2.19. The van der Waals surface area contributed by atoms with E-state index >= 15 is 0 Å². The van der Waals surface area contributed by atoms with Crippen LogP contribution in [0.5, 0.6) is 0 Å². The molecule has 0 spiro atoms. The van der Waals surface area contributed by atoms with E-state index in [-0.39, 0.29) is 12.5 Å². The molecule has 0 bridgehead atoms. The van der Waals surface area contributed by atoms with Crippen molar-refractivity contribution in [1.82, 2.24) is 10.6 Å². The van der Waals surface area contributed by atoms with E-state index in [0.717, 1.165) is 5.56 Å². The number of rotatable bonds is 1. The van der Waals surface area contributed by atoms with Gasteiger partial charge in [-0.3, -0.25) is 10.1 Å². The summed E-state index contributed by atoms with van der Waals surface area (Å²) in [6.45, 7) is 0.146. The zero-order chi connectivity index (χ0) is 10.7. The summed E-state index contributed by atoms with van der Waals surface area (Å²) in [6, 6.07) is 9.52. The van der Waals surface area contributed by atoms with Crippen LogP contribution in [-0.4, -0.2) is 23.8 Å². The van der Waals surface area contributed by atoms with E-state index < -0.39 is 6.23 Å². The molecular weight excluding hydrogens is 192 g/mol. The van der Waals surface area contributed by atoms with Crippen LogP contribution >= 0.6 is 0 Å². The first-order chi connectivity index (χ1) is 7.25. The van der Waals surface area contributed by atoms with Crippen molar-refractivity contribution in [1.29, 1.82) is 0 Å². The van der Waals surface area contributed by atoms with Gasteiger partial charge in [0.1, 0.15) is 6.23 Å². The predicted molar refractivity (Wildman–Crippen MR) is 56.6 cm³/mol. The first kappa shape index (κ1) is 9.89. The minimum atomic E-state index is -0.803. The number of hydrogen-bond donors (Lipinski definition) is 3. The lowest BCUT2D eigenvalue weighted by molar-refractivity contribution is -0.121. The number of nitrogens with one attached hydrogen (secondary N) is 2. The van der Waals surface area contributed by atoms with Gasteiger partial charge in [-0.1, -0.05) is 30.3 Å². The molecule has 78 valence electrons. The molecule has 0 aliphatic carbocycles. The average molecular weight is 204 g/mol. The zero-order valence-electron chi connectivity index (χ0n) is 8.10. The van der Waals surface area contributed by atoms with E-state index in [1.807, 2.05) is 30.3 Å². The molecule has 4 heteroatoms. The highest BCUT2D eigenvalue weighted by molar-refractivity contribution is 5.82. The molecule has 1 aliphatic heterocycles.